The summed E-state index contributed by atoms with van der Waals surface area (Å²) in [5.41, 5.74) is 0. The Hall–Kier alpha value is -2.37. The maximum absolute atomic E-state index is 11.0. The van der Waals surface area contributed by atoms with Crippen LogP contribution in [0.4, 0.5) is 11.6 Å². The van der Waals surface area contributed by atoms with E-state index in [9.17, 15) is 9.59 Å². The Balaban J connectivity index is 2.98. The van der Waals surface area contributed by atoms with Crippen molar-refractivity contribution in [2.75, 3.05) is 17.2 Å². The summed E-state index contributed by atoms with van der Waals surface area (Å²) in [6, 6.07) is 3.13. The van der Waals surface area contributed by atoms with Crippen LogP contribution < -0.4 is 15.4 Å². The van der Waals surface area contributed by atoms with Crippen LogP contribution in [0.1, 0.15) is 13.8 Å². The zero-order chi connectivity index (χ0) is 13.5. The third-order valence-electron chi connectivity index (χ3n) is 1.77. The maximum atomic E-state index is 11.0. The lowest BCUT2D eigenvalue weighted by Gasteiger charge is -2.09. The smallest absolute Gasteiger partial charge is 0.222 e. The number of carbonyl (C=O) groups excluding carboxylic acids is 2. The molecule has 0 aliphatic carbocycles. The number of hydrogen-bond acceptors (Lipinski definition) is 4. The van der Waals surface area contributed by atoms with Crippen LogP contribution in [-0.2, 0) is 9.59 Å². The molecule has 0 aromatic carbocycles. The van der Waals surface area contributed by atoms with Crippen LogP contribution in [0.5, 0.6) is 5.75 Å². The number of anilines is 2. The molecule has 2 N–H and O–H groups in total. The first-order chi connectivity index (χ1) is 8.51. The molecule has 6 nitrogen and oxygen atoms in total. The molecule has 6 heteroatoms. The number of nitrogens with one attached hydrogen (secondary N) is 2. The topological polar surface area (TPSA) is 80.3 Å². The van der Waals surface area contributed by atoms with E-state index in [4.69, 9.17) is 4.74 Å². The molecule has 1 aromatic heterocycles. The quantitative estimate of drug-likeness (QED) is 0.776. The zero-order valence-corrected chi connectivity index (χ0v) is 10.3. The van der Waals surface area contributed by atoms with E-state index in [1.807, 2.05) is 0 Å². The average Bonchev–Trinajstić information content (AvgIpc) is 2.24. The van der Waals surface area contributed by atoms with Gasteiger partial charge in [-0.15, -0.1) is 0 Å². The van der Waals surface area contributed by atoms with Gasteiger partial charge in [0.15, 0.2) is 0 Å². The normalized spacial score (nSPS) is 9.44. The predicted molar refractivity (Wildman–Crippen MR) is 68.5 cm³/mol. The first-order valence-corrected chi connectivity index (χ1v) is 5.32. The van der Waals surface area contributed by atoms with E-state index in [0.717, 1.165) is 0 Å². The fourth-order valence-electron chi connectivity index (χ4n) is 1.23. The van der Waals surface area contributed by atoms with Crippen LogP contribution in [0, 0.1) is 0 Å². The van der Waals surface area contributed by atoms with E-state index in [1.54, 1.807) is 18.2 Å². The largest absolute Gasteiger partial charge is 0.489 e. The lowest BCUT2D eigenvalue weighted by molar-refractivity contribution is -0.115. The molecule has 18 heavy (non-hydrogen) atoms. The number of carbonyl (C=O) groups is 2. The van der Waals surface area contributed by atoms with Crippen LogP contribution >= 0.6 is 0 Å². The van der Waals surface area contributed by atoms with Crippen molar-refractivity contribution in [1.82, 2.24) is 4.98 Å². The van der Waals surface area contributed by atoms with Gasteiger partial charge in [0.25, 0.3) is 0 Å². The molecular weight excluding hydrogens is 234 g/mol. The highest BCUT2D eigenvalue weighted by molar-refractivity contribution is 5.90. The standard InChI is InChI=1S/C12H15N3O3/c1-4-5-18-10-6-11(13-8(2)16)15-12(7-10)14-9(3)17/h4,6-7H,1,5H2,2-3H3,(H2,13,14,15,16,17). The average molecular weight is 249 g/mol. The van der Waals surface area contributed by atoms with Gasteiger partial charge in [-0.2, -0.15) is 0 Å². The van der Waals surface area contributed by atoms with E-state index in [0.29, 0.717) is 24.0 Å². The van der Waals surface area contributed by atoms with E-state index in [-0.39, 0.29) is 11.8 Å². The first kappa shape index (κ1) is 13.7. The molecule has 0 unspecified atom stereocenters. The lowest BCUT2D eigenvalue weighted by Crippen LogP contribution is -2.12. The van der Waals surface area contributed by atoms with Gasteiger partial charge in [-0.05, 0) is 0 Å². The van der Waals surface area contributed by atoms with Crippen molar-refractivity contribution < 1.29 is 14.3 Å². The SMILES string of the molecule is C=CCOc1cc(NC(C)=O)nc(NC(C)=O)c1. The summed E-state index contributed by atoms with van der Waals surface area (Å²) in [6.45, 7) is 6.60. The Morgan fingerprint density at radius 3 is 2.17 bits per heavy atom. The van der Waals surface area contributed by atoms with Crippen molar-refractivity contribution >= 4 is 23.5 Å². The van der Waals surface area contributed by atoms with Crippen molar-refractivity contribution in [3.05, 3.63) is 24.8 Å². The molecule has 96 valence electrons. The number of rotatable bonds is 5. The minimum absolute atomic E-state index is 0.253. The number of aromatic nitrogens is 1. The molecule has 0 aliphatic heterocycles. The Kier molecular flexibility index (Phi) is 4.86. The summed E-state index contributed by atoms with van der Waals surface area (Å²) in [7, 11) is 0. The number of hydrogen-bond donors (Lipinski definition) is 2. The van der Waals surface area contributed by atoms with Crippen LogP contribution in [-0.4, -0.2) is 23.4 Å². The van der Waals surface area contributed by atoms with Gasteiger partial charge < -0.3 is 15.4 Å². The molecule has 1 rings (SSSR count). The van der Waals surface area contributed by atoms with E-state index < -0.39 is 0 Å². The van der Waals surface area contributed by atoms with Gasteiger partial charge in [-0.3, -0.25) is 9.59 Å². The fourth-order valence-corrected chi connectivity index (χ4v) is 1.23. The van der Waals surface area contributed by atoms with Crippen molar-refractivity contribution in [2.45, 2.75) is 13.8 Å². The van der Waals surface area contributed by atoms with Crippen LogP contribution in [0.25, 0.3) is 0 Å². The Labute approximate surface area is 105 Å². The highest BCUT2D eigenvalue weighted by atomic mass is 16.5. The second kappa shape index (κ2) is 6.39. The monoisotopic (exact) mass is 249 g/mol. The highest BCUT2D eigenvalue weighted by Gasteiger charge is 2.06. The zero-order valence-electron chi connectivity index (χ0n) is 10.3. The number of ether oxygens (including phenoxy) is 1. The summed E-state index contributed by atoms with van der Waals surface area (Å²) in [6.07, 6.45) is 1.59. The third-order valence-corrected chi connectivity index (χ3v) is 1.77. The summed E-state index contributed by atoms with van der Waals surface area (Å²) in [5, 5.41) is 5.06. The summed E-state index contributed by atoms with van der Waals surface area (Å²) >= 11 is 0. The molecule has 0 atom stereocenters. The second-order valence-corrected chi connectivity index (χ2v) is 3.54. The van der Waals surface area contributed by atoms with Crippen molar-refractivity contribution in [3.63, 3.8) is 0 Å². The Bertz CT molecular complexity index is 437. The lowest BCUT2D eigenvalue weighted by atomic mass is 10.4. The highest BCUT2D eigenvalue weighted by Crippen LogP contribution is 2.20. The summed E-state index contributed by atoms with van der Waals surface area (Å²) in [4.78, 5) is 26.0. The van der Waals surface area contributed by atoms with Gasteiger partial charge in [0.05, 0.1) is 0 Å². The molecule has 0 aliphatic rings. The molecule has 0 spiro atoms. The van der Waals surface area contributed by atoms with E-state index in [2.05, 4.69) is 22.2 Å². The minimum atomic E-state index is -0.253. The minimum Gasteiger partial charge on any atom is -0.489 e. The van der Waals surface area contributed by atoms with Crippen LogP contribution in [0.15, 0.2) is 24.8 Å². The van der Waals surface area contributed by atoms with Gasteiger partial charge in [0, 0.05) is 26.0 Å². The number of nitrogens with zero attached hydrogens (tertiary/aromatic N) is 1. The maximum Gasteiger partial charge on any atom is 0.222 e. The molecule has 1 heterocycles. The molecule has 0 saturated heterocycles. The van der Waals surface area contributed by atoms with Crippen molar-refractivity contribution in [3.8, 4) is 5.75 Å². The molecule has 0 radical (unpaired) electrons. The third kappa shape index (κ3) is 4.65. The summed E-state index contributed by atoms with van der Waals surface area (Å²) in [5.74, 6) is 0.604. The number of pyridine rings is 1. The van der Waals surface area contributed by atoms with E-state index in [1.165, 1.54) is 13.8 Å². The van der Waals surface area contributed by atoms with Gasteiger partial charge in [-0.1, -0.05) is 12.7 Å². The van der Waals surface area contributed by atoms with Crippen molar-refractivity contribution in [2.24, 2.45) is 0 Å². The number of amides is 2. The van der Waals surface area contributed by atoms with E-state index >= 15 is 0 Å². The summed E-state index contributed by atoms with van der Waals surface area (Å²) < 4.78 is 5.34. The second-order valence-electron chi connectivity index (χ2n) is 3.54. The molecule has 0 fully saturated rings. The van der Waals surface area contributed by atoms with Gasteiger partial charge in [0.2, 0.25) is 11.8 Å². The molecule has 1 aromatic rings. The van der Waals surface area contributed by atoms with Crippen molar-refractivity contribution in [1.29, 1.82) is 0 Å². The molecular formula is C12H15N3O3. The van der Waals surface area contributed by atoms with Gasteiger partial charge in [-0.25, -0.2) is 4.98 Å². The predicted octanol–water partition coefficient (Wildman–Crippen LogP) is 1.56. The van der Waals surface area contributed by atoms with Crippen LogP contribution in [0.3, 0.4) is 0 Å². The van der Waals surface area contributed by atoms with Gasteiger partial charge in [0.1, 0.15) is 24.0 Å². The fraction of sp³-hybridized carbons (Fsp3) is 0.250. The Morgan fingerprint density at radius 2 is 1.78 bits per heavy atom. The molecule has 2 amide bonds. The first-order valence-electron chi connectivity index (χ1n) is 5.32. The molecule has 0 bridgehead atoms. The van der Waals surface area contributed by atoms with Crippen LogP contribution in [0.2, 0.25) is 0 Å². The molecule has 0 saturated carbocycles. The Morgan fingerprint density at radius 1 is 1.28 bits per heavy atom. The van der Waals surface area contributed by atoms with Gasteiger partial charge >= 0.3 is 0 Å².